The number of rotatable bonds is 5. The summed E-state index contributed by atoms with van der Waals surface area (Å²) in [5, 5.41) is 0. The largest absolute Gasteiger partial charge is 0.299 e. The van der Waals surface area contributed by atoms with E-state index >= 15 is 0 Å². The van der Waals surface area contributed by atoms with E-state index in [9.17, 15) is 18.0 Å². The van der Waals surface area contributed by atoms with Gasteiger partial charge in [-0.2, -0.15) is 4.31 Å². The fourth-order valence-electron chi connectivity index (χ4n) is 4.55. The molecule has 4 rings (SSSR count). The highest BCUT2D eigenvalue weighted by atomic mass is 32.2. The number of carbonyl (C=O) groups excluding carboxylic acids is 2. The van der Waals surface area contributed by atoms with Gasteiger partial charge in [0.15, 0.2) is 5.78 Å². The molecule has 1 aliphatic heterocycles. The number of nitrogens with zero attached hydrogens (tertiary/aromatic N) is 1. The van der Waals surface area contributed by atoms with Gasteiger partial charge in [-0.05, 0) is 37.5 Å². The summed E-state index contributed by atoms with van der Waals surface area (Å²) in [4.78, 5) is 23.8. The summed E-state index contributed by atoms with van der Waals surface area (Å²) in [6.45, 7) is 2.08. The zero-order valence-electron chi connectivity index (χ0n) is 17.0. The van der Waals surface area contributed by atoms with E-state index < -0.39 is 10.0 Å². The molecule has 0 radical (unpaired) electrons. The highest BCUT2D eigenvalue weighted by Gasteiger charge is 2.45. The van der Waals surface area contributed by atoms with Crippen LogP contribution in [0.1, 0.15) is 42.1 Å². The molecule has 0 amide bonds. The summed E-state index contributed by atoms with van der Waals surface area (Å²) in [5.41, 5.74) is 2.34. The van der Waals surface area contributed by atoms with Gasteiger partial charge in [0.25, 0.3) is 0 Å². The average Bonchev–Trinajstić information content (AvgIpc) is 2.74. The van der Waals surface area contributed by atoms with E-state index in [1.807, 2.05) is 24.3 Å². The summed E-state index contributed by atoms with van der Waals surface area (Å²) >= 11 is 0. The fraction of sp³-hybridized carbons (Fsp3) is 0.333. The number of Topliss-reactive ketones (excluding diaryl/α,β-unsaturated/α-hetero) is 2. The Morgan fingerprint density at radius 2 is 1.77 bits per heavy atom. The molecule has 2 aliphatic rings. The van der Waals surface area contributed by atoms with E-state index in [-0.39, 0.29) is 28.4 Å². The number of carbonyl (C=O) groups is 2. The number of hydrogen-bond donors (Lipinski definition) is 0. The molecule has 30 heavy (non-hydrogen) atoms. The van der Waals surface area contributed by atoms with Crippen LogP contribution in [0, 0.1) is 5.41 Å². The number of benzene rings is 2. The Hall–Kier alpha value is -2.57. The van der Waals surface area contributed by atoms with Gasteiger partial charge in [0.05, 0.1) is 4.90 Å². The summed E-state index contributed by atoms with van der Waals surface area (Å²) in [5.74, 6) is 0.124. The molecule has 156 valence electrons. The van der Waals surface area contributed by atoms with Crippen LogP contribution in [-0.4, -0.2) is 37.4 Å². The van der Waals surface area contributed by atoms with Crippen molar-refractivity contribution in [1.29, 1.82) is 0 Å². The molecule has 2 aromatic carbocycles. The van der Waals surface area contributed by atoms with Crippen LogP contribution in [0.2, 0.25) is 0 Å². The second-order valence-corrected chi connectivity index (χ2v) is 10.2. The summed E-state index contributed by atoms with van der Waals surface area (Å²) in [6.07, 6.45) is 4.19. The number of sulfonamides is 1. The summed E-state index contributed by atoms with van der Waals surface area (Å²) in [7, 11) is -3.71. The molecule has 6 heteroatoms. The van der Waals surface area contributed by atoms with Crippen LogP contribution >= 0.6 is 0 Å². The third-order valence-corrected chi connectivity index (χ3v) is 8.08. The minimum Gasteiger partial charge on any atom is -0.299 e. The minimum atomic E-state index is -3.71. The van der Waals surface area contributed by atoms with Crippen molar-refractivity contribution in [2.24, 2.45) is 5.41 Å². The lowest BCUT2D eigenvalue weighted by molar-refractivity contribution is -0.120. The first-order chi connectivity index (χ1) is 14.3. The molecule has 0 saturated heterocycles. The van der Waals surface area contributed by atoms with E-state index in [1.165, 1.54) is 23.4 Å². The monoisotopic (exact) mass is 423 g/mol. The van der Waals surface area contributed by atoms with Gasteiger partial charge in [0.2, 0.25) is 10.0 Å². The molecule has 2 aromatic rings. The Morgan fingerprint density at radius 1 is 1.07 bits per heavy atom. The quantitative estimate of drug-likeness (QED) is 0.542. The highest BCUT2D eigenvalue weighted by Crippen LogP contribution is 2.46. The first-order valence-electron chi connectivity index (χ1n) is 10.2. The molecule has 0 spiro atoms. The normalized spacial score (nSPS) is 22.3. The second-order valence-electron chi connectivity index (χ2n) is 8.27. The zero-order valence-corrected chi connectivity index (χ0v) is 17.8. The third-order valence-electron chi connectivity index (χ3n) is 6.26. The van der Waals surface area contributed by atoms with Crippen molar-refractivity contribution in [1.82, 2.24) is 4.31 Å². The number of fused-ring (bicyclic) bond motifs is 1. The maximum Gasteiger partial charge on any atom is 0.243 e. The van der Waals surface area contributed by atoms with Gasteiger partial charge in [-0.25, -0.2) is 8.42 Å². The predicted octanol–water partition coefficient (Wildman–Crippen LogP) is 3.80. The third kappa shape index (κ3) is 3.89. The van der Waals surface area contributed by atoms with Crippen molar-refractivity contribution in [3.05, 3.63) is 77.4 Å². The first kappa shape index (κ1) is 20.7. The van der Waals surface area contributed by atoms with Crippen LogP contribution in [-0.2, 0) is 21.2 Å². The molecule has 5 nitrogen and oxygen atoms in total. The van der Waals surface area contributed by atoms with Gasteiger partial charge in [0, 0.05) is 36.9 Å². The lowest BCUT2D eigenvalue weighted by Crippen LogP contribution is -2.49. The van der Waals surface area contributed by atoms with Gasteiger partial charge in [0.1, 0.15) is 5.78 Å². The number of hydrogen-bond acceptors (Lipinski definition) is 4. The molecule has 1 fully saturated rings. The van der Waals surface area contributed by atoms with Crippen molar-refractivity contribution >= 4 is 21.6 Å². The Balaban J connectivity index is 1.67. The molecule has 0 bridgehead atoms. The molecule has 1 atom stereocenters. The van der Waals surface area contributed by atoms with Crippen molar-refractivity contribution in [2.75, 3.05) is 13.1 Å². The standard InChI is InChI=1S/C24H25NO4S/c1-18(26)20-7-9-23(10-8-20)30(28,29)25-14-12-21-15-22(27)11-13-24(21,17-25)16-19-5-3-2-4-6-19/h2-10,12H,11,13-17H2,1H3. The van der Waals surface area contributed by atoms with Crippen LogP contribution < -0.4 is 0 Å². The van der Waals surface area contributed by atoms with E-state index in [2.05, 4.69) is 12.1 Å². The van der Waals surface area contributed by atoms with E-state index in [0.29, 0.717) is 37.8 Å². The summed E-state index contributed by atoms with van der Waals surface area (Å²) in [6, 6.07) is 16.1. The molecular weight excluding hydrogens is 398 g/mol. The Kier molecular flexibility index (Phi) is 5.47. The molecule has 0 N–H and O–H groups in total. The maximum absolute atomic E-state index is 13.3. The van der Waals surface area contributed by atoms with Gasteiger partial charge in [-0.15, -0.1) is 0 Å². The molecular formula is C24H25NO4S. The lowest BCUT2D eigenvalue weighted by atomic mass is 9.65. The highest BCUT2D eigenvalue weighted by molar-refractivity contribution is 7.89. The Bertz CT molecular complexity index is 1100. The molecule has 1 unspecified atom stereocenters. The Morgan fingerprint density at radius 3 is 2.43 bits per heavy atom. The van der Waals surface area contributed by atoms with Gasteiger partial charge >= 0.3 is 0 Å². The van der Waals surface area contributed by atoms with Gasteiger partial charge in [-0.1, -0.05) is 54.1 Å². The smallest absolute Gasteiger partial charge is 0.243 e. The molecule has 1 aliphatic carbocycles. The van der Waals surface area contributed by atoms with E-state index in [1.54, 1.807) is 12.1 Å². The van der Waals surface area contributed by atoms with Gasteiger partial charge in [-0.3, -0.25) is 9.59 Å². The average molecular weight is 424 g/mol. The fourth-order valence-corrected chi connectivity index (χ4v) is 6.02. The van der Waals surface area contributed by atoms with Crippen LogP contribution in [0.5, 0.6) is 0 Å². The second kappa shape index (κ2) is 7.93. The van der Waals surface area contributed by atoms with E-state index in [4.69, 9.17) is 0 Å². The topological polar surface area (TPSA) is 71.5 Å². The van der Waals surface area contributed by atoms with Crippen LogP contribution in [0.3, 0.4) is 0 Å². The van der Waals surface area contributed by atoms with Crippen LogP contribution in [0.15, 0.2) is 71.1 Å². The SMILES string of the molecule is CC(=O)c1ccc(S(=O)(=O)N2CC=C3CC(=O)CCC3(Cc3ccccc3)C2)cc1. The first-order valence-corrected chi connectivity index (χ1v) is 11.6. The summed E-state index contributed by atoms with van der Waals surface area (Å²) < 4.78 is 28.2. The molecule has 1 saturated carbocycles. The Labute approximate surface area is 177 Å². The maximum atomic E-state index is 13.3. The van der Waals surface area contributed by atoms with Gasteiger partial charge < -0.3 is 0 Å². The van der Waals surface area contributed by atoms with Crippen molar-refractivity contribution in [3.63, 3.8) is 0 Å². The minimum absolute atomic E-state index is 0.0989. The van der Waals surface area contributed by atoms with Crippen LogP contribution in [0.25, 0.3) is 0 Å². The molecule has 1 heterocycles. The van der Waals surface area contributed by atoms with Crippen molar-refractivity contribution in [3.8, 4) is 0 Å². The predicted molar refractivity (Wildman–Crippen MR) is 115 cm³/mol. The zero-order chi connectivity index (χ0) is 21.4. The molecule has 0 aromatic heterocycles. The van der Waals surface area contributed by atoms with Crippen LogP contribution in [0.4, 0.5) is 0 Å². The van der Waals surface area contributed by atoms with Crippen molar-refractivity contribution < 1.29 is 18.0 Å². The van der Waals surface area contributed by atoms with E-state index in [0.717, 1.165) is 11.1 Å². The van der Waals surface area contributed by atoms with Crippen molar-refractivity contribution in [2.45, 2.75) is 37.5 Å². The lowest BCUT2D eigenvalue weighted by Gasteiger charge is -2.45. The number of ketones is 2.